The quantitative estimate of drug-likeness (QED) is 0.933. The van der Waals surface area contributed by atoms with Gasteiger partial charge >= 0.3 is 0 Å². The fraction of sp³-hybridized carbons (Fsp3) is 0.312. The molecule has 1 unspecified atom stereocenters. The lowest BCUT2D eigenvalue weighted by Crippen LogP contribution is -2.20. The Bertz CT molecular complexity index is 613. The molecule has 1 atom stereocenters. The fourth-order valence-electron chi connectivity index (χ4n) is 2.55. The van der Waals surface area contributed by atoms with E-state index in [1.165, 1.54) is 11.1 Å². The Hall–Kier alpha value is -1.58. The molecule has 2 aromatic rings. The zero-order valence-electron chi connectivity index (χ0n) is 12.2. The van der Waals surface area contributed by atoms with E-state index in [0.717, 1.165) is 16.9 Å². The van der Waals surface area contributed by atoms with Crippen molar-refractivity contribution in [2.24, 2.45) is 0 Å². The number of halogens is 1. The van der Waals surface area contributed by atoms with Crippen molar-refractivity contribution < 1.29 is 4.74 Å². The van der Waals surface area contributed by atoms with Crippen molar-refractivity contribution in [3.05, 3.63) is 57.9 Å². The Morgan fingerprint density at radius 1 is 1.30 bits per heavy atom. The number of benzene rings is 1. The lowest BCUT2D eigenvalue weighted by atomic mass is 9.93. The maximum atomic E-state index is 6.28. The van der Waals surface area contributed by atoms with E-state index in [2.05, 4.69) is 30.2 Å². The van der Waals surface area contributed by atoms with Crippen LogP contribution in [0.2, 0.25) is 5.02 Å². The topological polar surface area (TPSA) is 34.2 Å². The zero-order chi connectivity index (χ0) is 14.7. The average Bonchev–Trinajstić information content (AvgIpc) is 2.43. The van der Waals surface area contributed by atoms with Crippen LogP contribution in [0.3, 0.4) is 0 Å². The Labute approximate surface area is 124 Å². The molecule has 0 saturated heterocycles. The maximum absolute atomic E-state index is 6.28. The van der Waals surface area contributed by atoms with Crippen LogP contribution in [0.1, 0.15) is 28.3 Å². The van der Waals surface area contributed by atoms with Crippen molar-refractivity contribution in [1.29, 1.82) is 0 Å². The standard InChI is InChI=1S/C16H19ClN2O/c1-10-7-11(2)15(14(8-10)20-4)16(18-3)12-5-6-19-9-13(12)17/h5-9,16,18H,1-4H3. The number of hydrogen-bond acceptors (Lipinski definition) is 3. The van der Waals surface area contributed by atoms with E-state index in [0.29, 0.717) is 5.02 Å². The molecule has 0 radical (unpaired) electrons. The first-order valence-corrected chi connectivity index (χ1v) is 6.88. The van der Waals surface area contributed by atoms with E-state index in [-0.39, 0.29) is 6.04 Å². The summed E-state index contributed by atoms with van der Waals surface area (Å²) < 4.78 is 5.55. The Morgan fingerprint density at radius 3 is 2.65 bits per heavy atom. The maximum Gasteiger partial charge on any atom is 0.124 e. The summed E-state index contributed by atoms with van der Waals surface area (Å²) in [4.78, 5) is 4.04. The largest absolute Gasteiger partial charge is 0.496 e. The first kappa shape index (κ1) is 14.8. The number of rotatable bonds is 4. The van der Waals surface area contributed by atoms with Gasteiger partial charge in [0.25, 0.3) is 0 Å². The second-order valence-corrected chi connectivity index (χ2v) is 5.22. The van der Waals surface area contributed by atoms with Gasteiger partial charge in [-0.1, -0.05) is 17.7 Å². The molecule has 1 N–H and O–H groups in total. The Morgan fingerprint density at radius 2 is 2.05 bits per heavy atom. The van der Waals surface area contributed by atoms with Crippen LogP contribution in [0.15, 0.2) is 30.6 Å². The monoisotopic (exact) mass is 290 g/mol. The van der Waals surface area contributed by atoms with Crippen molar-refractivity contribution in [2.45, 2.75) is 19.9 Å². The number of nitrogens with zero attached hydrogens (tertiary/aromatic N) is 1. The summed E-state index contributed by atoms with van der Waals surface area (Å²) in [5.41, 5.74) is 4.45. The predicted octanol–water partition coefficient (Wildman–Crippen LogP) is 3.67. The van der Waals surface area contributed by atoms with Crippen molar-refractivity contribution in [3.63, 3.8) is 0 Å². The normalized spacial score (nSPS) is 12.2. The van der Waals surface area contributed by atoms with Crippen molar-refractivity contribution in [2.75, 3.05) is 14.2 Å². The van der Waals surface area contributed by atoms with E-state index >= 15 is 0 Å². The van der Waals surface area contributed by atoms with Gasteiger partial charge in [-0.2, -0.15) is 0 Å². The van der Waals surface area contributed by atoms with Gasteiger partial charge in [-0.15, -0.1) is 0 Å². The van der Waals surface area contributed by atoms with Gasteiger partial charge in [0, 0.05) is 18.0 Å². The predicted molar refractivity (Wildman–Crippen MR) is 82.6 cm³/mol. The molecule has 0 aliphatic rings. The van der Waals surface area contributed by atoms with Gasteiger partial charge < -0.3 is 10.1 Å². The smallest absolute Gasteiger partial charge is 0.124 e. The third kappa shape index (κ3) is 2.79. The minimum absolute atomic E-state index is 0.0268. The summed E-state index contributed by atoms with van der Waals surface area (Å²) in [6.45, 7) is 4.15. The van der Waals surface area contributed by atoms with Crippen molar-refractivity contribution in [3.8, 4) is 5.75 Å². The van der Waals surface area contributed by atoms with Gasteiger partial charge in [0.15, 0.2) is 0 Å². The summed E-state index contributed by atoms with van der Waals surface area (Å²) in [6, 6.07) is 6.10. The van der Waals surface area contributed by atoms with Crippen LogP contribution >= 0.6 is 11.6 Å². The number of methoxy groups -OCH3 is 1. The molecule has 0 amide bonds. The molecule has 20 heavy (non-hydrogen) atoms. The summed E-state index contributed by atoms with van der Waals surface area (Å²) in [6.07, 6.45) is 3.42. The van der Waals surface area contributed by atoms with Gasteiger partial charge in [-0.05, 0) is 49.7 Å². The number of aryl methyl sites for hydroxylation is 2. The number of hydrogen-bond donors (Lipinski definition) is 1. The number of nitrogens with one attached hydrogen (secondary N) is 1. The summed E-state index contributed by atoms with van der Waals surface area (Å²) >= 11 is 6.28. The molecule has 0 fully saturated rings. The van der Waals surface area contributed by atoms with Gasteiger partial charge in [0.1, 0.15) is 5.75 Å². The van der Waals surface area contributed by atoms with Crippen molar-refractivity contribution >= 4 is 11.6 Å². The van der Waals surface area contributed by atoms with Gasteiger partial charge in [0.2, 0.25) is 0 Å². The average molecular weight is 291 g/mol. The molecule has 0 spiro atoms. The van der Waals surface area contributed by atoms with E-state index < -0.39 is 0 Å². The van der Waals surface area contributed by atoms with Crippen LogP contribution in [0.4, 0.5) is 0 Å². The summed E-state index contributed by atoms with van der Waals surface area (Å²) in [7, 11) is 3.61. The molecule has 3 nitrogen and oxygen atoms in total. The van der Waals surface area contributed by atoms with Crippen LogP contribution in [-0.2, 0) is 0 Å². The molecular weight excluding hydrogens is 272 g/mol. The van der Waals surface area contributed by atoms with Gasteiger partial charge in [-0.25, -0.2) is 0 Å². The third-order valence-electron chi connectivity index (χ3n) is 3.41. The van der Waals surface area contributed by atoms with Crippen LogP contribution in [-0.4, -0.2) is 19.1 Å². The third-order valence-corrected chi connectivity index (χ3v) is 3.72. The summed E-state index contributed by atoms with van der Waals surface area (Å²) in [5.74, 6) is 0.870. The van der Waals surface area contributed by atoms with E-state index in [1.807, 2.05) is 19.2 Å². The lowest BCUT2D eigenvalue weighted by Gasteiger charge is -2.23. The molecule has 1 aromatic carbocycles. The van der Waals surface area contributed by atoms with E-state index in [4.69, 9.17) is 16.3 Å². The first-order valence-electron chi connectivity index (χ1n) is 6.50. The second kappa shape index (κ2) is 6.25. The van der Waals surface area contributed by atoms with Crippen LogP contribution in [0.5, 0.6) is 5.75 Å². The van der Waals surface area contributed by atoms with Crippen LogP contribution in [0, 0.1) is 13.8 Å². The molecule has 0 aliphatic heterocycles. The first-order chi connectivity index (χ1) is 9.58. The second-order valence-electron chi connectivity index (χ2n) is 4.82. The highest BCUT2D eigenvalue weighted by molar-refractivity contribution is 6.31. The highest BCUT2D eigenvalue weighted by atomic mass is 35.5. The van der Waals surface area contributed by atoms with E-state index in [9.17, 15) is 0 Å². The molecule has 0 saturated carbocycles. The summed E-state index contributed by atoms with van der Waals surface area (Å²) in [5, 5.41) is 3.97. The molecule has 1 aromatic heterocycles. The fourth-order valence-corrected chi connectivity index (χ4v) is 2.78. The van der Waals surface area contributed by atoms with E-state index in [1.54, 1.807) is 19.5 Å². The minimum atomic E-state index is -0.0268. The number of ether oxygens (including phenoxy) is 1. The van der Waals surface area contributed by atoms with Gasteiger partial charge in [0.05, 0.1) is 18.2 Å². The van der Waals surface area contributed by atoms with Crippen molar-refractivity contribution in [1.82, 2.24) is 10.3 Å². The van der Waals surface area contributed by atoms with Gasteiger partial charge in [-0.3, -0.25) is 4.98 Å². The Kier molecular flexibility index (Phi) is 4.63. The molecule has 0 aliphatic carbocycles. The minimum Gasteiger partial charge on any atom is -0.496 e. The molecule has 4 heteroatoms. The molecule has 0 bridgehead atoms. The molecule has 1 heterocycles. The Balaban J connectivity index is 2.61. The molecule has 106 valence electrons. The number of aromatic nitrogens is 1. The zero-order valence-corrected chi connectivity index (χ0v) is 13.0. The van der Waals surface area contributed by atoms with Crippen LogP contribution < -0.4 is 10.1 Å². The molecule has 2 rings (SSSR count). The highest BCUT2D eigenvalue weighted by Gasteiger charge is 2.21. The van der Waals surface area contributed by atoms with Crippen LogP contribution in [0.25, 0.3) is 0 Å². The SMILES string of the molecule is CNC(c1ccncc1Cl)c1c(C)cc(C)cc1OC. The highest BCUT2D eigenvalue weighted by Crippen LogP contribution is 2.35. The lowest BCUT2D eigenvalue weighted by molar-refractivity contribution is 0.404. The number of pyridine rings is 1. The molecular formula is C16H19ClN2O.